The van der Waals surface area contributed by atoms with Gasteiger partial charge in [0, 0.05) is 20.0 Å². The molecule has 94 valence electrons. The van der Waals surface area contributed by atoms with Crippen LogP contribution in [0.4, 0.5) is 0 Å². The van der Waals surface area contributed by atoms with E-state index in [2.05, 4.69) is 0 Å². The zero-order chi connectivity index (χ0) is 12.8. The molecule has 0 unspecified atom stereocenters. The lowest BCUT2D eigenvalue weighted by molar-refractivity contribution is -0.130. The van der Waals surface area contributed by atoms with Crippen LogP contribution in [0.25, 0.3) is 0 Å². The van der Waals surface area contributed by atoms with Crippen molar-refractivity contribution in [3.05, 3.63) is 33.8 Å². The summed E-state index contributed by atoms with van der Waals surface area (Å²) >= 11 is 12.0. The Hall–Kier alpha value is -0.770. The van der Waals surface area contributed by atoms with Crippen LogP contribution in [0.1, 0.15) is 18.4 Å². The summed E-state index contributed by atoms with van der Waals surface area (Å²) in [6.07, 6.45) is 1.16. The molecule has 5 heteroatoms. The standard InChI is InChI=1S/C12H16Cl2N2O/c1-16(11(17)6-3-7-15)8-9-4-2-5-10(13)12(9)14/h2,4-5H,3,6-8,15H2,1H3. The van der Waals surface area contributed by atoms with E-state index in [0.29, 0.717) is 36.0 Å². The Morgan fingerprint density at radius 2 is 2.12 bits per heavy atom. The van der Waals surface area contributed by atoms with Gasteiger partial charge in [-0.15, -0.1) is 0 Å². The maximum Gasteiger partial charge on any atom is 0.222 e. The molecular formula is C12H16Cl2N2O. The minimum absolute atomic E-state index is 0.0616. The van der Waals surface area contributed by atoms with Crippen molar-refractivity contribution in [2.45, 2.75) is 19.4 Å². The van der Waals surface area contributed by atoms with Crippen molar-refractivity contribution >= 4 is 29.1 Å². The summed E-state index contributed by atoms with van der Waals surface area (Å²) in [5.41, 5.74) is 6.21. The van der Waals surface area contributed by atoms with Crippen LogP contribution < -0.4 is 5.73 Å². The Morgan fingerprint density at radius 3 is 2.76 bits per heavy atom. The zero-order valence-corrected chi connectivity index (χ0v) is 11.3. The first-order valence-electron chi connectivity index (χ1n) is 5.43. The van der Waals surface area contributed by atoms with E-state index in [1.54, 1.807) is 18.0 Å². The highest BCUT2D eigenvalue weighted by Gasteiger charge is 2.11. The molecule has 0 bridgehead atoms. The second-order valence-corrected chi connectivity index (χ2v) is 4.64. The van der Waals surface area contributed by atoms with Gasteiger partial charge in [-0.1, -0.05) is 35.3 Å². The van der Waals surface area contributed by atoms with Crippen LogP contribution in [0, 0.1) is 0 Å². The zero-order valence-electron chi connectivity index (χ0n) is 9.75. The normalized spacial score (nSPS) is 10.4. The van der Waals surface area contributed by atoms with E-state index in [1.807, 2.05) is 12.1 Å². The summed E-state index contributed by atoms with van der Waals surface area (Å²) in [4.78, 5) is 13.3. The Labute approximate surface area is 111 Å². The summed E-state index contributed by atoms with van der Waals surface area (Å²) in [6.45, 7) is 0.986. The van der Waals surface area contributed by atoms with E-state index in [-0.39, 0.29) is 5.91 Å². The largest absolute Gasteiger partial charge is 0.341 e. The maximum atomic E-state index is 11.7. The molecule has 1 aromatic carbocycles. The first-order valence-corrected chi connectivity index (χ1v) is 6.18. The highest BCUT2D eigenvalue weighted by atomic mass is 35.5. The van der Waals surface area contributed by atoms with Gasteiger partial charge in [0.25, 0.3) is 0 Å². The van der Waals surface area contributed by atoms with Crippen LogP contribution in [-0.4, -0.2) is 24.4 Å². The summed E-state index contributed by atoms with van der Waals surface area (Å²) < 4.78 is 0. The molecule has 0 heterocycles. The summed E-state index contributed by atoms with van der Waals surface area (Å²) in [7, 11) is 1.75. The molecule has 3 nitrogen and oxygen atoms in total. The smallest absolute Gasteiger partial charge is 0.222 e. The second-order valence-electron chi connectivity index (χ2n) is 3.85. The number of amides is 1. The molecule has 0 fully saturated rings. The Balaban J connectivity index is 2.64. The minimum Gasteiger partial charge on any atom is -0.341 e. The van der Waals surface area contributed by atoms with Gasteiger partial charge < -0.3 is 10.6 Å². The van der Waals surface area contributed by atoms with Gasteiger partial charge in [-0.05, 0) is 24.6 Å². The van der Waals surface area contributed by atoms with Gasteiger partial charge in [0.05, 0.1) is 10.0 Å². The van der Waals surface area contributed by atoms with E-state index in [4.69, 9.17) is 28.9 Å². The molecule has 0 aromatic heterocycles. The second kappa shape index (κ2) is 6.84. The van der Waals surface area contributed by atoms with Crippen LogP contribution in [-0.2, 0) is 11.3 Å². The number of carbonyl (C=O) groups excluding carboxylic acids is 1. The van der Waals surface area contributed by atoms with Gasteiger partial charge in [-0.3, -0.25) is 4.79 Å². The molecule has 17 heavy (non-hydrogen) atoms. The average molecular weight is 275 g/mol. The Kier molecular flexibility index (Phi) is 5.75. The maximum absolute atomic E-state index is 11.7. The quantitative estimate of drug-likeness (QED) is 0.898. The molecule has 1 rings (SSSR count). The molecule has 0 radical (unpaired) electrons. The molecule has 1 aromatic rings. The lowest BCUT2D eigenvalue weighted by Crippen LogP contribution is -2.26. The third kappa shape index (κ3) is 4.19. The number of carbonyl (C=O) groups is 1. The molecule has 0 aliphatic heterocycles. The third-order valence-electron chi connectivity index (χ3n) is 2.46. The number of nitrogens with zero attached hydrogens (tertiary/aromatic N) is 1. The third-order valence-corrected chi connectivity index (χ3v) is 3.32. The SMILES string of the molecule is CN(Cc1cccc(Cl)c1Cl)C(=O)CCCN. The fraction of sp³-hybridized carbons (Fsp3) is 0.417. The predicted molar refractivity (Wildman–Crippen MR) is 71.2 cm³/mol. The fourth-order valence-electron chi connectivity index (χ4n) is 1.46. The number of rotatable bonds is 5. The van der Waals surface area contributed by atoms with E-state index in [1.165, 1.54) is 0 Å². The summed E-state index contributed by atoms with van der Waals surface area (Å²) in [5, 5.41) is 1.01. The minimum atomic E-state index is 0.0616. The number of hydrogen-bond donors (Lipinski definition) is 1. The van der Waals surface area contributed by atoms with Gasteiger partial charge in [-0.25, -0.2) is 0 Å². The topological polar surface area (TPSA) is 46.3 Å². The molecular weight excluding hydrogens is 259 g/mol. The summed E-state index contributed by atoms with van der Waals surface area (Å²) in [6, 6.07) is 5.41. The van der Waals surface area contributed by atoms with Crippen molar-refractivity contribution in [2.75, 3.05) is 13.6 Å². The van der Waals surface area contributed by atoms with Gasteiger partial charge in [0.1, 0.15) is 0 Å². The van der Waals surface area contributed by atoms with Crippen molar-refractivity contribution in [3.63, 3.8) is 0 Å². The van der Waals surface area contributed by atoms with Crippen molar-refractivity contribution in [1.29, 1.82) is 0 Å². The van der Waals surface area contributed by atoms with Crippen LogP contribution in [0.5, 0.6) is 0 Å². The van der Waals surface area contributed by atoms with Crippen LogP contribution >= 0.6 is 23.2 Å². The van der Waals surface area contributed by atoms with Gasteiger partial charge in [-0.2, -0.15) is 0 Å². The molecule has 0 saturated carbocycles. The number of halogens is 2. The van der Waals surface area contributed by atoms with E-state index in [9.17, 15) is 4.79 Å². The lowest BCUT2D eigenvalue weighted by Gasteiger charge is -2.18. The number of nitrogens with two attached hydrogens (primary N) is 1. The van der Waals surface area contributed by atoms with E-state index in [0.717, 1.165) is 5.56 Å². The molecule has 0 aliphatic carbocycles. The number of hydrogen-bond acceptors (Lipinski definition) is 2. The van der Waals surface area contributed by atoms with E-state index >= 15 is 0 Å². The average Bonchev–Trinajstić information content (AvgIpc) is 2.31. The van der Waals surface area contributed by atoms with Crippen molar-refractivity contribution in [2.24, 2.45) is 5.73 Å². The van der Waals surface area contributed by atoms with E-state index < -0.39 is 0 Å². The van der Waals surface area contributed by atoms with Crippen molar-refractivity contribution < 1.29 is 4.79 Å². The van der Waals surface area contributed by atoms with Crippen molar-refractivity contribution in [1.82, 2.24) is 4.90 Å². The highest BCUT2D eigenvalue weighted by molar-refractivity contribution is 6.42. The lowest BCUT2D eigenvalue weighted by atomic mass is 10.2. The molecule has 2 N–H and O–H groups in total. The fourth-order valence-corrected chi connectivity index (χ4v) is 1.84. The first kappa shape index (κ1) is 14.3. The molecule has 0 saturated heterocycles. The first-order chi connectivity index (χ1) is 8.06. The van der Waals surface area contributed by atoms with Crippen LogP contribution in [0.2, 0.25) is 10.0 Å². The Morgan fingerprint density at radius 1 is 1.41 bits per heavy atom. The van der Waals surface area contributed by atoms with Crippen LogP contribution in [0.3, 0.4) is 0 Å². The molecule has 1 amide bonds. The van der Waals surface area contributed by atoms with Crippen LogP contribution in [0.15, 0.2) is 18.2 Å². The van der Waals surface area contributed by atoms with Gasteiger partial charge >= 0.3 is 0 Å². The van der Waals surface area contributed by atoms with Gasteiger partial charge in [0.15, 0.2) is 0 Å². The molecule has 0 spiro atoms. The number of benzene rings is 1. The van der Waals surface area contributed by atoms with Crippen molar-refractivity contribution in [3.8, 4) is 0 Å². The summed E-state index contributed by atoms with van der Waals surface area (Å²) in [5.74, 6) is 0.0616. The van der Waals surface area contributed by atoms with Gasteiger partial charge in [0.2, 0.25) is 5.91 Å². The molecule has 0 aliphatic rings. The molecule has 0 atom stereocenters. The highest BCUT2D eigenvalue weighted by Crippen LogP contribution is 2.26. The Bertz CT molecular complexity index is 396. The predicted octanol–water partition coefficient (Wildman–Crippen LogP) is 2.69. The monoisotopic (exact) mass is 274 g/mol.